The number of carbonyl (C=O) groups excluding carboxylic acids is 1. The summed E-state index contributed by atoms with van der Waals surface area (Å²) in [6, 6.07) is 4.58. The van der Waals surface area contributed by atoms with Gasteiger partial charge < -0.3 is 4.90 Å². The van der Waals surface area contributed by atoms with E-state index in [-0.39, 0.29) is 24.2 Å². The lowest BCUT2D eigenvalue weighted by Crippen LogP contribution is -2.43. The minimum absolute atomic E-state index is 0.131. The summed E-state index contributed by atoms with van der Waals surface area (Å²) >= 11 is 1.99. The molecule has 1 atom stereocenters. The third kappa shape index (κ3) is 2.64. The zero-order valence-corrected chi connectivity index (χ0v) is 14.5. The topological polar surface area (TPSA) is 61.9 Å². The highest BCUT2D eigenvalue weighted by atomic mass is 127. The van der Waals surface area contributed by atoms with Gasteiger partial charge in [-0.25, -0.2) is 0 Å². The number of fused-ring (bicyclic) bond motifs is 1. The first-order valence-corrected chi connectivity index (χ1v) is 7.98. The van der Waals surface area contributed by atoms with Crippen LogP contribution in [0.5, 0.6) is 0 Å². The third-order valence-corrected chi connectivity index (χ3v) is 4.59. The molecule has 0 saturated carbocycles. The number of halogens is 4. The lowest BCUT2D eigenvalue weighted by atomic mass is 10.1. The van der Waals surface area contributed by atoms with Gasteiger partial charge in [0.25, 0.3) is 5.91 Å². The lowest BCUT2D eigenvalue weighted by molar-refractivity contribution is -0.137. The molecule has 0 N–H and O–H groups in total. The van der Waals surface area contributed by atoms with E-state index < -0.39 is 17.3 Å². The Kier molecular flexibility index (Phi) is 4.03. The summed E-state index contributed by atoms with van der Waals surface area (Å²) in [6.07, 6.45) is -3.04. The molecule has 0 radical (unpaired) electrons. The van der Waals surface area contributed by atoms with E-state index in [4.69, 9.17) is 5.26 Å². The Bertz CT molecular complexity index is 869. The molecule has 2 heterocycles. The zero-order chi connectivity index (χ0) is 17.6. The number of alkyl halides is 3. The highest BCUT2D eigenvalue weighted by molar-refractivity contribution is 14.1. The first-order chi connectivity index (χ1) is 11.2. The van der Waals surface area contributed by atoms with E-state index in [1.807, 2.05) is 29.5 Å². The van der Waals surface area contributed by atoms with Crippen LogP contribution in [0.1, 0.15) is 34.6 Å². The molecule has 3 rings (SSSR count). The second-order valence-corrected chi connectivity index (χ2v) is 6.55. The van der Waals surface area contributed by atoms with Gasteiger partial charge in [0.15, 0.2) is 0 Å². The first-order valence-electron chi connectivity index (χ1n) is 6.90. The van der Waals surface area contributed by atoms with E-state index in [2.05, 4.69) is 5.10 Å². The predicted molar refractivity (Wildman–Crippen MR) is 87.5 cm³/mol. The van der Waals surface area contributed by atoms with E-state index in [0.717, 1.165) is 12.1 Å². The monoisotopic (exact) mass is 446 g/mol. The summed E-state index contributed by atoms with van der Waals surface area (Å²) in [4.78, 5) is 14.1. The van der Waals surface area contributed by atoms with Gasteiger partial charge in [0, 0.05) is 12.2 Å². The fraction of sp³-hybridized carbons (Fsp3) is 0.267. The molecule has 1 amide bonds. The number of anilines is 1. The van der Waals surface area contributed by atoms with Crippen LogP contribution >= 0.6 is 22.6 Å². The highest BCUT2D eigenvalue weighted by Gasteiger charge is 2.36. The molecule has 124 valence electrons. The summed E-state index contributed by atoms with van der Waals surface area (Å²) in [7, 11) is 0. The van der Waals surface area contributed by atoms with Gasteiger partial charge >= 0.3 is 6.18 Å². The molecular formula is C15H10F3IN4O. The quantitative estimate of drug-likeness (QED) is 0.630. The molecule has 1 aromatic heterocycles. The van der Waals surface area contributed by atoms with Crippen molar-refractivity contribution in [2.45, 2.75) is 19.1 Å². The van der Waals surface area contributed by atoms with Crippen molar-refractivity contribution in [2.24, 2.45) is 0 Å². The van der Waals surface area contributed by atoms with Crippen LogP contribution in [0, 0.1) is 14.9 Å². The van der Waals surface area contributed by atoms with Crippen molar-refractivity contribution in [2.75, 3.05) is 11.4 Å². The van der Waals surface area contributed by atoms with E-state index in [9.17, 15) is 18.0 Å². The van der Waals surface area contributed by atoms with Gasteiger partial charge in [0.05, 0.1) is 33.0 Å². The molecule has 0 saturated heterocycles. The Hall–Kier alpha value is -2.09. The Morgan fingerprint density at radius 3 is 2.75 bits per heavy atom. The number of rotatable bonds is 1. The van der Waals surface area contributed by atoms with Crippen LogP contribution in [-0.4, -0.2) is 22.2 Å². The molecule has 0 aliphatic carbocycles. The SMILES string of the molecule is C[C@H]1CN(c2ccc(C(F)(F)F)c(C#N)c2)C(=O)c2c(I)cnn21. The molecular weight excluding hydrogens is 436 g/mol. The average molecular weight is 446 g/mol. The molecule has 9 heteroatoms. The fourth-order valence-corrected chi connectivity index (χ4v) is 3.29. The second kappa shape index (κ2) is 5.77. The van der Waals surface area contributed by atoms with Crippen molar-refractivity contribution in [3.63, 3.8) is 0 Å². The van der Waals surface area contributed by atoms with Crippen LogP contribution in [-0.2, 0) is 6.18 Å². The van der Waals surface area contributed by atoms with Crippen LogP contribution in [0.3, 0.4) is 0 Å². The molecule has 2 aromatic rings. The zero-order valence-electron chi connectivity index (χ0n) is 12.3. The molecule has 0 unspecified atom stereocenters. The summed E-state index contributed by atoms with van der Waals surface area (Å²) in [5.74, 6) is -0.348. The van der Waals surface area contributed by atoms with Gasteiger partial charge in [0.1, 0.15) is 5.69 Å². The van der Waals surface area contributed by atoms with Crippen molar-refractivity contribution in [1.82, 2.24) is 9.78 Å². The standard InChI is InChI=1S/C15H10F3IN4O/c1-8-7-22(14(24)13-12(19)6-21-23(8)13)10-2-3-11(15(16,17)18)9(4-10)5-20/h2-4,6,8H,7H2,1H3/t8-/m0/s1. The van der Waals surface area contributed by atoms with Gasteiger partial charge in [-0.15, -0.1) is 0 Å². The fourth-order valence-electron chi connectivity index (χ4n) is 2.69. The molecule has 0 bridgehead atoms. The molecule has 1 aromatic carbocycles. The van der Waals surface area contributed by atoms with Crippen LogP contribution in [0.15, 0.2) is 24.4 Å². The Morgan fingerprint density at radius 1 is 1.42 bits per heavy atom. The van der Waals surface area contributed by atoms with Crippen molar-refractivity contribution < 1.29 is 18.0 Å². The van der Waals surface area contributed by atoms with Gasteiger partial charge in [-0.2, -0.15) is 23.5 Å². The third-order valence-electron chi connectivity index (χ3n) is 3.80. The molecule has 1 aliphatic heterocycles. The molecule has 5 nitrogen and oxygen atoms in total. The van der Waals surface area contributed by atoms with Gasteiger partial charge in [-0.1, -0.05) is 0 Å². The summed E-state index contributed by atoms with van der Waals surface area (Å²) in [6.45, 7) is 2.13. The molecule has 1 aliphatic rings. The van der Waals surface area contributed by atoms with Crippen LogP contribution in [0.25, 0.3) is 0 Å². The minimum atomic E-state index is -4.61. The number of nitrogens with zero attached hydrogens (tertiary/aromatic N) is 4. The number of hydrogen-bond donors (Lipinski definition) is 0. The smallest absolute Gasteiger partial charge is 0.305 e. The van der Waals surface area contributed by atoms with E-state index >= 15 is 0 Å². The van der Waals surface area contributed by atoms with Crippen molar-refractivity contribution in [1.29, 1.82) is 5.26 Å². The molecule has 0 spiro atoms. The maximum absolute atomic E-state index is 12.9. The van der Waals surface area contributed by atoms with Crippen molar-refractivity contribution >= 4 is 34.2 Å². The second-order valence-electron chi connectivity index (χ2n) is 5.39. The Balaban J connectivity index is 2.06. The summed E-state index contributed by atoms with van der Waals surface area (Å²) in [5, 5.41) is 13.2. The Labute approximate surface area is 148 Å². The first kappa shape index (κ1) is 16.8. The number of benzene rings is 1. The maximum atomic E-state index is 12.9. The largest absolute Gasteiger partial charge is 0.417 e. The normalized spacial score (nSPS) is 17.6. The number of hydrogen-bond acceptors (Lipinski definition) is 3. The van der Waals surface area contributed by atoms with Crippen LogP contribution < -0.4 is 4.90 Å². The average Bonchev–Trinajstić information content (AvgIpc) is 2.92. The molecule has 24 heavy (non-hydrogen) atoms. The summed E-state index contributed by atoms with van der Waals surface area (Å²) in [5.41, 5.74) is -0.854. The number of aromatic nitrogens is 2. The Morgan fingerprint density at radius 2 is 2.12 bits per heavy atom. The van der Waals surface area contributed by atoms with E-state index in [1.54, 1.807) is 16.9 Å². The number of nitriles is 1. The van der Waals surface area contributed by atoms with Gasteiger partial charge in [0.2, 0.25) is 0 Å². The van der Waals surface area contributed by atoms with Crippen molar-refractivity contribution in [3.05, 3.63) is 44.8 Å². The minimum Gasteiger partial charge on any atom is -0.305 e. The van der Waals surface area contributed by atoms with Crippen LogP contribution in [0.2, 0.25) is 0 Å². The van der Waals surface area contributed by atoms with Crippen molar-refractivity contribution in [3.8, 4) is 6.07 Å². The van der Waals surface area contributed by atoms with Crippen LogP contribution in [0.4, 0.5) is 18.9 Å². The molecule has 0 fully saturated rings. The van der Waals surface area contributed by atoms with E-state index in [1.165, 1.54) is 11.0 Å². The maximum Gasteiger partial charge on any atom is 0.417 e. The van der Waals surface area contributed by atoms with E-state index in [0.29, 0.717) is 9.26 Å². The number of carbonyl (C=O) groups is 1. The lowest BCUT2D eigenvalue weighted by Gasteiger charge is -2.32. The predicted octanol–water partition coefficient (Wildman–Crippen LogP) is 3.60. The highest BCUT2D eigenvalue weighted by Crippen LogP contribution is 2.35. The summed E-state index contributed by atoms with van der Waals surface area (Å²) < 4.78 is 41.0. The number of amides is 1. The van der Waals surface area contributed by atoms with Gasteiger partial charge in [-0.3, -0.25) is 9.48 Å². The van der Waals surface area contributed by atoms with Gasteiger partial charge in [-0.05, 0) is 47.7 Å².